The molecule has 1 nitrogen and oxygen atoms in total. The van der Waals surface area contributed by atoms with Crippen molar-refractivity contribution in [3.63, 3.8) is 0 Å². The molecule has 0 aliphatic rings. The van der Waals surface area contributed by atoms with Gasteiger partial charge in [-0.15, -0.1) is 0 Å². The first kappa shape index (κ1) is 15.3. The molecule has 1 heterocycles. The number of hydrogen-bond acceptors (Lipinski definition) is 1. The molecule has 25 heavy (non-hydrogen) atoms. The zero-order valence-corrected chi connectivity index (χ0v) is 14.2. The predicted octanol–water partition coefficient (Wildman–Crippen LogP) is 6.39. The van der Waals surface area contributed by atoms with Crippen molar-refractivity contribution in [3.05, 3.63) is 103 Å². The molecule has 0 N–H and O–H groups in total. The van der Waals surface area contributed by atoms with E-state index in [4.69, 9.17) is 4.98 Å². The van der Waals surface area contributed by atoms with E-state index in [1.807, 2.05) is 18.3 Å². The zero-order chi connectivity index (χ0) is 17.1. The van der Waals surface area contributed by atoms with E-state index in [2.05, 4.69) is 85.8 Å². The molecule has 0 saturated heterocycles. The summed E-state index contributed by atoms with van der Waals surface area (Å²) in [6, 6.07) is 31.6. The third-order valence-corrected chi connectivity index (χ3v) is 4.46. The Labute approximate surface area is 148 Å². The van der Waals surface area contributed by atoms with Gasteiger partial charge in [-0.25, -0.2) is 0 Å². The maximum absolute atomic E-state index is 4.72. The summed E-state index contributed by atoms with van der Waals surface area (Å²) in [5.74, 6) is 0. The van der Waals surface area contributed by atoms with Crippen LogP contribution >= 0.6 is 0 Å². The number of rotatable bonds is 3. The van der Waals surface area contributed by atoms with Crippen molar-refractivity contribution in [2.75, 3.05) is 0 Å². The van der Waals surface area contributed by atoms with Gasteiger partial charge in [0.25, 0.3) is 0 Å². The molecule has 0 fully saturated rings. The van der Waals surface area contributed by atoms with Gasteiger partial charge in [0.1, 0.15) is 0 Å². The Morgan fingerprint density at radius 3 is 1.84 bits per heavy atom. The molecule has 1 heteroatoms. The highest BCUT2D eigenvalue weighted by Crippen LogP contribution is 2.29. The van der Waals surface area contributed by atoms with Crippen LogP contribution in [0.5, 0.6) is 0 Å². The number of hydrogen-bond donors (Lipinski definition) is 0. The van der Waals surface area contributed by atoms with Crippen LogP contribution in [0.3, 0.4) is 0 Å². The molecule has 0 aliphatic carbocycles. The Morgan fingerprint density at radius 1 is 0.560 bits per heavy atom. The standard InChI is InChI=1S/C24H19N/c1-18-15-24(25-17-23(18)20-11-6-3-7-12-20)22-14-8-13-21(16-22)19-9-4-2-5-10-19/h2-17H,1H3. The maximum atomic E-state index is 4.72. The van der Waals surface area contributed by atoms with E-state index in [9.17, 15) is 0 Å². The molecule has 0 radical (unpaired) electrons. The Balaban J connectivity index is 1.72. The highest BCUT2D eigenvalue weighted by molar-refractivity contribution is 5.74. The molecule has 0 atom stereocenters. The van der Waals surface area contributed by atoms with Crippen molar-refractivity contribution in [2.45, 2.75) is 6.92 Å². The van der Waals surface area contributed by atoms with E-state index in [1.165, 1.54) is 27.8 Å². The van der Waals surface area contributed by atoms with Gasteiger partial charge in [-0.2, -0.15) is 0 Å². The Morgan fingerprint density at radius 2 is 1.16 bits per heavy atom. The van der Waals surface area contributed by atoms with E-state index in [-0.39, 0.29) is 0 Å². The van der Waals surface area contributed by atoms with Crippen LogP contribution in [0.4, 0.5) is 0 Å². The predicted molar refractivity (Wildman–Crippen MR) is 105 cm³/mol. The molecule has 0 unspecified atom stereocenters. The van der Waals surface area contributed by atoms with Crippen molar-refractivity contribution in [2.24, 2.45) is 0 Å². The second-order valence-corrected chi connectivity index (χ2v) is 6.20. The van der Waals surface area contributed by atoms with Crippen LogP contribution in [0.2, 0.25) is 0 Å². The van der Waals surface area contributed by atoms with Gasteiger partial charge in [0.05, 0.1) is 5.69 Å². The average molecular weight is 321 g/mol. The van der Waals surface area contributed by atoms with E-state index < -0.39 is 0 Å². The van der Waals surface area contributed by atoms with E-state index in [0.29, 0.717) is 0 Å². The van der Waals surface area contributed by atoms with Crippen LogP contribution in [0.25, 0.3) is 33.5 Å². The van der Waals surface area contributed by atoms with Crippen molar-refractivity contribution < 1.29 is 0 Å². The number of aromatic nitrogens is 1. The quantitative estimate of drug-likeness (QED) is 0.426. The maximum Gasteiger partial charge on any atom is 0.0705 e. The van der Waals surface area contributed by atoms with Gasteiger partial charge in [-0.1, -0.05) is 78.9 Å². The number of pyridine rings is 1. The molecular formula is C24H19N. The monoisotopic (exact) mass is 321 g/mol. The average Bonchev–Trinajstić information content (AvgIpc) is 2.69. The summed E-state index contributed by atoms with van der Waals surface area (Å²) in [6.07, 6.45) is 1.98. The fraction of sp³-hybridized carbons (Fsp3) is 0.0417. The normalized spacial score (nSPS) is 10.6. The van der Waals surface area contributed by atoms with E-state index in [1.54, 1.807) is 0 Å². The van der Waals surface area contributed by atoms with Gasteiger partial charge < -0.3 is 0 Å². The summed E-state index contributed by atoms with van der Waals surface area (Å²) in [4.78, 5) is 4.72. The molecule has 0 aliphatic heterocycles. The highest BCUT2D eigenvalue weighted by Gasteiger charge is 2.07. The van der Waals surface area contributed by atoms with Crippen molar-refractivity contribution in [1.82, 2.24) is 4.98 Å². The molecule has 0 saturated carbocycles. The summed E-state index contributed by atoms with van der Waals surface area (Å²) in [5, 5.41) is 0. The van der Waals surface area contributed by atoms with Crippen molar-refractivity contribution >= 4 is 0 Å². The van der Waals surface area contributed by atoms with Gasteiger partial charge in [0.15, 0.2) is 0 Å². The summed E-state index contributed by atoms with van der Waals surface area (Å²) in [6.45, 7) is 2.15. The van der Waals surface area contributed by atoms with Crippen LogP contribution in [-0.2, 0) is 0 Å². The van der Waals surface area contributed by atoms with E-state index >= 15 is 0 Å². The first-order chi connectivity index (χ1) is 12.3. The third kappa shape index (κ3) is 3.22. The molecule has 1 aromatic heterocycles. The topological polar surface area (TPSA) is 12.9 Å². The lowest BCUT2D eigenvalue weighted by molar-refractivity contribution is 1.29. The summed E-state index contributed by atoms with van der Waals surface area (Å²) in [7, 11) is 0. The Hall–Kier alpha value is -3.19. The smallest absolute Gasteiger partial charge is 0.0705 e. The summed E-state index contributed by atoms with van der Waals surface area (Å²) >= 11 is 0. The first-order valence-electron chi connectivity index (χ1n) is 8.49. The molecule has 120 valence electrons. The van der Waals surface area contributed by atoms with Crippen molar-refractivity contribution in [1.29, 1.82) is 0 Å². The molecular weight excluding hydrogens is 302 g/mol. The minimum atomic E-state index is 1.01. The third-order valence-electron chi connectivity index (χ3n) is 4.46. The lowest BCUT2D eigenvalue weighted by atomic mass is 9.98. The van der Waals surface area contributed by atoms with Crippen LogP contribution in [0.1, 0.15) is 5.56 Å². The van der Waals surface area contributed by atoms with E-state index in [0.717, 1.165) is 11.3 Å². The molecule has 0 spiro atoms. The van der Waals surface area contributed by atoms with Crippen LogP contribution in [-0.4, -0.2) is 4.98 Å². The van der Waals surface area contributed by atoms with Gasteiger partial charge in [-0.3, -0.25) is 4.98 Å². The molecule has 4 rings (SSSR count). The highest BCUT2D eigenvalue weighted by atomic mass is 14.7. The Bertz CT molecular complexity index is 989. The van der Waals surface area contributed by atoms with Gasteiger partial charge in [0.2, 0.25) is 0 Å². The Kier molecular flexibility index (Phi) is 4.14. The van der Waals surface area contributed by atoms with Crippen molar-refractivity contribution in [3.8, 4) is 33.5 Å². The molecule has 3 aromatic carbocycles. The minimum absolute atomic E-state index is 1.01. The molecule has 0 bridgehead atoms. The summed E-state index contributed by atoms with van der Waals surface area (Å²) in [5.41, 5.74) is 8.22. The van der Waals surface area contributed by atoms with Crippen LogP contribution < -0.4 is 0 Å². The first-order valence-corrected chi connectivity index (χ1v) is 8.49. The zero-order valence-electron chi connectivity index (χ0n) is 14.2. The molecule has 4 aromatic rings. The van der Waals surface area contributed by atoms with Gasteiger partial charge in [-0.05, 0) is 41.3 Å². The van der Waals surface area contributed by atoms with Gasteiger partial charge in [0, 0.05) is 17.3 Å². The van der Waals surface area contributed by atoms with Crippen LogP contribution in [0, 0.1) is 6.92 Å². The number of aryl methyl sites for hydroxylation is 1. The lowest BCUT2D eigenvalue weighted by Gasteiger charge is -2.09. The molecule has 0 amide bonds. The fourth-order valence-corrected chi connectivity index (χ4v) is 3.12. The second-order valence-electron chi connectivity index (χ2n) is 6.20. The van der Waals surface area contributed by atoms with Crippen LogP contribution in [0.15, 0.2) is 97.2 Å². The van der Waals surface area contributed by atoms with Gasteiger partial charge >= 0.3 is 0 Å². The number of benzene rings is 3. The summed E-state index contributed by atoms with van der Waals surface area (Å²) < 4.78 is 0. The second kappa shape index (κ2) is 6.74. The lowest BCUT2D eigenvalue weighted by Crippen LogP contribution is -1.90. The largest absolute Gasteiger partial charge is 0.256 e. The fourth-order valence-electron chi connectivity index (χ4n) is 3.12. The SMILES string of the molecule is Cc1cc(-c2cccc(-c3ccccc3)c2)ncc1-c1ccccc1. The number of nitrogens with zero attached hydrogens (tertiary/aromatic N) is 1. The minimum Gasteiger partial charge on any atom is -0.256 e.